The number of rotatable bonds is 4. The van der Waals surface area contributed by atoms with Gasteiger partial charge in [0.05, 0.1) is 11.9 Å². The third-order valence-electron chi connectivity index (χ3n) is 4.04. The first-order valence-corrected chi connectivity index (χ1v) is 8.48. The summed E-state index contributed by atoms with van der Waals surface area (Å²) in [5.74, 6) is 0.0458. The molecule has 0 bridgehead atoms. The van der Waals surface area contributed by atoms with Gasteiger partial charge in [-0.05, 0) is 17.6 Å². The number of nitrogens with zero attached hydrogens (tertiary/aromatic N) is 3. The van der Waals surface area contributed by atoms with Gasteiger partial charge in [-0.15, -0.1) is 0 Å². The van der Waals surface area contributed by atoms with Crippen LogP contribution in [-0.4, -0.2) is 34.0 Å². The molecule has 0 atom stereocenters. The van der Waals surface area contributed by atoms with Gasteiger partial charge in [0.15, 0.2) is 11.6 Å². The van der Waals surface area contributed by atoms with Crippen molar-refractivity contribution in [2.45, 2.75) is 41.5 Å². The molecule has 0 aromatic carbocycles. The molecule has 2 rings (SSSR count). The van der Waals surface area contributed by atoms with Crippen LogP contribution in [0.15, 0.2) is 46.9 Å². The number of ether oxygens (including phenoxy) is 1. The van der Waals surface area contributed by atoms with Crippen LogP contribution in [0.3, 0.4) is 0 Å². The van der Waals surface area contributed by atoms with Crippen molar-refractivity contribution < 1.29 is 14.3 Å². The van der Waals surface area contributed by atoms with Crippen molar-refractivity contribution in [3.05, 3.63) is 41.9 Å². The number of aromatic nitrogens is 2. The maximum atomic E-state index is 13.1. The molecule has 1 aliphatic carbocycles. The fourth-order valence-electron chi connectivity index (χ4n) is 2.58. The Kier molecular flexibility index (Phi) is 5.54. The van der Waals surface area contributed by atoms with E-state index in [0.717, 1.165) is 0 Å². The van der Waals surface area contributed by atoms with Gasteiger partial charge in [0.1, 0.15) is 6.61 Å². The van der Waals surface area contributed by atoms with Crippen molar-refractivity contribution in [1.29, 1.82) is 0 Å². The lowest BCUT2D eigenvalue weighted by Gasteiger charge is -2.32. The van der Waals surface area contributed by atoms with Gasteiger partial charge in [-0.2, -0.15) is 0 Å². The minimum absolute atomic E-state index is 0.0484. The van der Waals surface area contributed by atoms with E-state index >= 15 is 0 Å². The van der Waals surface area contributed by atoms with E-state index in [1.54, 1.807) is 30.7 Å². The van der Waals surface area contributed by atoms with Gasteiger partial charge in [0.2, 0.25) is 0 Å². The van der Waals surface area contributed by atoms with E-state index in [1.807, 2.05) is 34.6 Å². The molecule has 0 spiro atoms. The Balaban J connectivity index is 2.51. The molecular formula is C20H25N3O3. The first-order chi connectivity index (χ1) is 12.0. The fourth-order valence-corrected chi connectivity index (χ4v) is 2.58. The number of esters is 1. The van der Waals surface area contributed by atoms with Crippen molar-refractivity contribution in [1.82, 2.24) is 9.97 Å². The number of ketones is 1. The number of carbonyl (C=O) groups is 2. The van der Waals surface area contributed by atoms with Gasteiger partial charge in [-0.25, -0.2) is 9.98 Å². The summed E-state index contributed by atoms with van der Waals surface area (Å²) < 4.78 is 5.17. The molecule has 1 heterocycles. The monoisotopic (exact) mass is 355 g/mol. The second-order valence-corrected chi connectivity index (χ2v) is 7.96. The highest BCUT2D eigenvalue weighted by molar-refractivity contribution is 6.23. The number of allylic oxidation sites excluding steroid dienone is 3. The van der Waals surface area contributed by atoms with Crippen molar-refractivity contribution in [2.75, 3.05) is 6.61 Å². The van der Waals surface area contributed by atoms with E-state index < -0.39 is 5.41 Å². The van der Waals surface area contributed by atoms with Crippen LogP contribution in [0.5, 0.6) is 0 Å². The van der Waals surface area contributed by atoms with Crippen LogP contribution in [0.1, 0.15) is 41.5 Å². The quantitative estimate of drug-likeness (QED) is 0.608. The third kappa shape index (κ3) is 4.71. The summed E-state index contributed by atoms with van der Waals surface area (Å²) in [5, 5.41) is 0. The van der Waals surface area contributed by atoms with E-state index in [2.05, 4.69) is 15.0 Å². The molecule has 1 aromatic heterocycles. The zero-order valence-corrected chi connectivity index (χ0v) is 16.2. The Hall–Kier alpha value is -2.63. The molecule has 26 heavy (non-hydrogen) atoms. The van der Waals surface area contributed by atoms with Gasteiger partial charge in [0, 0.05) is 35.9 Å². The zero-order chi connectivity index (χ0) is 19.5. The second-order valence-electron chi connectivity index (χ2n) is 7.96. The van der Waals surface area contributed by atoms with Gasteiger partial charge in [0.25, 0.3) is 0 Å². The fraction of sp³-hybridized carbons (Fsp3) is 0.450. The molecule has 1 aliphatic rings. The summed E-state index contributed by atoms with van der Waals surface area (Å²) in [6, 6.07) is 0. The van der Waals surface area contributed by atoms with Crippen LogP contribution in [-0.2, 0) is 14.3 Å². The van der Waals surface area contributed by atoms with Crippen molar-refractivity contribution in [3.63, 3.8) is 0 Å². The largest absolute Gasteiger partial charge is 0.465 e. The van der Waals surface area contributed by atoms with Crippen LogP contribution >= 0.6 is 0 Å². The van der Waals surface area contributed by atoms with E-state index in [4.69, 9.17) is 4.74 Å². The Morgan fingerprint density at radius 1 is 1.12 bits per heavy atom. The van der Waals surface area contributed by atoms with Crippen LogP contribution in [0, 0.1) is 10.8 Å². The number of aliphatic imine (C=N–C) groups is 1. The number of hydrogen-bond acceptors (Lipinski definition) is 6. The SMILES string of the molecule is CC(=O)OCC(C)(C)C1=CC(=Nc2cnccn2)C=C(C(C)(C)C)C1=O. The van der Waals surface area contributed by atoms with Crippen molar-refractivity contribution >= 4 is 23.3 Å². The topological polar surface area (TPSA) is 81.5 Å². The normalized spacial score (nSPS) is 17.0. The molecule has 6 heteroatoms. The van der Waals surface area contributed by atoms with Crippen LogP contribution in [0.25, 0.3) is 0 Å². The van der Waals surface area contributed by atoms with Gasteiger partial charge in [-0.1, -0.05) is 34.6 Å². The first kappa shape index (κ1) is 19.7. The smallest absolute Gasteiger partial charge is 0.302 e. The molecule has 0 amide bonds. The molecule has 0 saturated carbocycles. The highest BCUT2D eigenvalue weighted by Gasteiger charge is 2.37. The van der Waals surface area contributed by atoms with Crippen LogP contribution in [0.2, 0.25) is 0 Å². The van der Waals surface area contributed by atoms with Crippen molar-refractivity contribution in [3.8, 4) is 0 Å². The predicted octanol–water partition coefficient (Wildman–Crippen LogP) is 3.62. The highest BCUT2D eigenvalue weighted by Crippen LogP contribution is 2.37. The van der Waals surface area contributed by atoms with Gasteiger partial charge >= 0.3 is 5.97 Å². The van der Waals surface area contributed by atoms with E-state index in [0.29, 0.717) is 22.7 Å². The minimum Gasteiger partial charge on any atom is -0.465 e. The summed E-state index contributed by atoms with van der Waals surface area (Å²) in [5.41, 5.74) is 0.858. The van der Waals surface area contributed by atoms with Crippen LogP contribution in [0.4, 0.5) is 5.82 Å². The first-order valence-electron chi connectivity index (χ1n) is 8.48. The lowest BCUT2D eigenvalue weighted by Crippen LogP contribution is -2.34. The van der Waals surface area contributed by atoms with Crippen molar-refractivity contribution in [2.24, 2.45) is 15.8 Å². The summed E-state index contributed by atoms with van der Waals surface area (Å²) in [4.78, 5) is 37.0. The molecule has 0 fully saturated rings. The Morgan fingerprint density at radius 2 is 1.77 bits per heavy atom. The Bertz CT molecular complexity index is 797. The maximum absolute atomic E-state index is 13.1. The molecule has 0 radical (unpaired) electrons. The second kappa shape index (κ2) is 7.32. The molecule has 6 nitrogen and oxygen atoms in total. The lowest BCUT2D eigenvalue weighted by atomic mass is 9.72. The highest BCUT2D eigenvalue weighted by atomic mass is 16.5. The number of carbonyl (C=O) groups excluding carboxylic acids is 2. The molecule has 0 saturated heterocycles. The standard InChI is InChI=1S/C20H25N3O3/c1-13(24)26-12-20(5,6)16-10-14(23-17-11-21-7-8-22-17)9-15(18(16)25)19(2,3)4/h7-11H,12H2,1-6H3. The summed E-state index contributed by atoms with van der Waals surface area (Å²) in [6.45, 7) is 11.2. The summed E-state index contributed by atoms with van der Waals surface area (Å²) in [7, 11) is 0. The third-order valence-corrected chi connectivity index (χ3v) is 4.04. The predicted molar refractivity (Wildman–Crippen MR) is 100 cm³/mol. The molecule has 0 N–H and O–H groups in total. The van der Waals surface area contributed by atoms with Gasteiger partial charge in [-0.3, -0.25) is 14.6 Å². The molecule has 1 aromatic rings. The van der Waals surface area contributed by atoms with E-state index in [9.17, 15) is 9.59 Å². The average molecular weight is 355 g/mol. The van der Waals surface area contributed by atoms with Gasteiger partial charge < -0.3 is 4.74 Å². The number of hydrogen-bond donors (Lipinski definition) is 0. The average Bonchev–Trinajstić information content (AvgIpc) is 2.54. The summed E-state index contributed by atoms with van der Waals surface area (Å²) >= 11 is 0. The van der Waals surface area contributed by atoms with E-state index in [-0.39, 0.29) is 23.8 Å². The Labute approximate surface area is 154 Å². The molecule has 0 unspecified atom stereocenters. The zero-order valence-electron chi connectivity index (χ0n) is 16.2. The molecule has 138 valence electrons. The van der Waals surface area contributed by atoms with Crippen LogP contribution < -0.4 is 0 Å². The summed E-state index contributed by atoms with van der Waals surface area (Å²) in [6.07, 6.45) is 8.24. The maximum Gasteiger partial charge on any atom is 0.302 e. The molecule has 0 aliphatic heterocycles. The van der Waals surface area contributed by atoms with E-state index in [1.165, 1.54) is 6.92 Å². The molecular weight excluding hydrogens is 330 g/mol. The minimum atomic E-state index is -0.642. The lowest BCUT2D eigenvalue weighted by molar-refractivity contribution is -0.143. The Morgan fingerprint density at radius 3 is 2.31 bits per heavy atom. The number of Topliss-reactive ketones (excluding diaryl/α,β-unsaturated/α-hetero) is 1.